The Labute approximate surface area is 89.6 Å². The molecule has 0 bridgehead atoms. The minimum atomic E-state index is -0.245. The first kappa shape index (κ1) is 10.6. The monoisotopic (exact) mass is 208 g/mol. The van der Waals surface area contributed by atoms with Crippen LogP contribution in [0.2, 0.25) is 0 Å². The second-order valence-electron chi connectivity index (χ2n) is 3.92. The number of benzene rings is 1. The Hall–Kier alpha value is -0.900. The average molecular weight is 208 g/mol. The maximum atomic E-state index is 8.93. The van der Waals surface area contributed by atoms with E-state index in [2.05, 4.69) is 0 Å². The summed E-state index contributed by atoms with van der Waals surface area (Å²) in [6, 6.07) is 10.0. The van der Waals surface area contributed by atoms with Crippen LogP contribution in [0.5, 0.6) is 0 Å². The lowest BCUT2D eigenvalue weighted by atomic mass is 9.98. The summed E-state index contributed by atoms with van der Waals surface area (Å²) in [5.74, 6) is 0. The van der Waals surface area contributed by atoms with Crippen molar-refractivity contribution >= 4 is 0 Å². The molecular formula is C12H16O3. The van der Waals surface area contributed by atoms with Crippen LogP contribution < -0.4 is 0 Å². The smallest absolute Gasteiger partial charge is 0.117 e. The van der Waals surface area contributed by atoms with Crippen LogP contribution >= 0.6 is 0 Å². The largest absolute Gasteiger partial charge is 0.396 e. The van der Waals surface area contributed by atoms with Gasteiger partial charge >= 0.3 is 0 Å². The zero-order chi connectivity index (χ0) is 10.6. The van der Waals surface area contributed by atoms with Gasteiger partial charge in [-0.1, -0.05) is 30.3 Å². The summed E-state index contributed by atoms with van der Waals surface area (Å²) in [6.07, 6.45) is 0.653. The van der Waals surface area contributed by atoms with Crippen LogP contribution in [-0.4, -0.2) is 30.5 Å². The average Bonchev–Trinajstić information content (AvgIpc) is 2.23. The summed E-state index contributed by atoms with van der Waals surface area (Å²) in [7, 11) is 0. The Morgan fingerprint density at radius 2 is 2.00 bits per heavy atom. The van der Waals surface area contributed by atoms with Crippen LogP contribution in [0, 0.1) is 0 Å². The van der Waals surface area contributed by atoms with Crippen molar-refractivity contribution in [2.45, 2.75) is 18.6 Å². The molecule has 1 N–H and O–H groups in total. The lowest BCUT2D eigenvalue weighted by Crippen LogP contribution is -2.52. The molecule has 0 atom stereocenters. The molecule has 82 valence electrons. The highest BCUT2D eigenvalue weighted by Gasteiger charge is 2.39. The van der Waals surface area contributed by atoms with Gasteiger partial charge in [0.2, 0.25) is 0 Å². The molecule has 1 aromatic carbocycles. The predicted molar refractivity (Wildman–Crippen MR) is 56.5 cm³/mol. The van der Waals surface area contributed by atoms with E-state index >= 15 is 0 Å². The van der Waals surface area contributed by atoms with E-state index in [9.17, 15) is 0 Å². The molecule has 15 heavy (non-hydrogen) atoms. The van der Waals surface area contributed by atoms with E-state index in [4.69, 9.17) is 14.6 Å². The third-order valence-electron chi connectivity index (χ3n) is 2.69. The van der Waals surface area contributed by atoms with Crippen molar-refractivity contribution in [3.63, 3.8) is 0 Å². The fraction of sp³-hybridized carbons (Fsp3) is 0.500. The standard InChI is InChI=1S/C12H16O3/c13-7-6-12(9-14-10-12)15-8-11-4-2-1-3-5-11/h1-5,13H,6-10H2. The zero-order valence-electron chi connectivity index (χ0n) is 8.69. The van der Waals surface area contributed by atoms with E-state index in [0.29, 0.717) is 26.2 Å². The van der Waals surface area contributed by atoms with Gasteiger partial charge in [0.15, 0.2) is 0 Å². The molecule has 1 aliphatic heterocycles. The van der Waals surface area contributed by atoms with Gasteiger partial charge in [0.1, 0.15) is 5.60 Å². The Morgan fingerprint density at radius 1 is 1.27 bits per heavy atom. The van der Waals surface area contributed by atoms with Crippen molar-refractivity contribution in [1.29, 1.82) is 0 Å². The molecule has 0 radical (unpaired) electrons. The normalized spacial score (nSPS) is 18.5. The van der Waals surface area contributed by atoms with Crippen LogP contribution in [0.3, 0.4) is 0 Å². The molecule has 1 aliphatic rings. The van der Waals surface area contributed by atoms with E-state index in [1.54, 1.807) is 0 Å². The lowest BCUT2D eigenvalue weighted by Gasteiger charge is -2.40. The quantitative estimate of drug-likeness (QED) is 0.794. The van der Waals surface area contributed by atoms with Crippen molar-refractivity contribution in [1.82, 2.24) is 0 Å². The first-order valence-corrected chi connectivity index (χ1v) is 5.21. The van der Waals surface area contributed by atoms with Gasteiger partial charge in [-0.05, 0) is 5.56 Å². The van der Waals surface area contributed by atoms with Gasteiger partial charge in [-0.25, -0.2) is 0 Å². The third kappa shape index (κ3) is 2.56. The fourth-order valence-corrected chi connectivity index (χ4v) is 1.64. The number of aliphatic hydroxyl groups excluding tert-OH is 1. The van der Waals surface area contributed by atoms with Crippen molar-refractivity contribution in [2.24, 2.45) is 0 Å². The van der Waals surface area contributed by atoms with Gasteiger partial charge < -0.3 is 14.6 Å². The molecule has 0 amide bonds. The van der Waals surface area contributed by atoms with Gasteiger partial charge in [0.25, 0.3) is 0 Å². The topological polar surface area (TPSA) is 38.7 Å². The molecule has 1 saturated heterocycles. The number of hydrogen-bond donors (Lipinski definition) is 1. The third-order valence-corrected chi connectivity index (χ3v) is 2.69. The second-order valence-corrected chi connectivity index (χ2v) is 3.92. The summed E-state index contributed by atoms with van der Waals surface area (Å²) in [4.78, 5) is 0. The highest BCUT2D eigenvalue weighted by atomic mass is 16.6. The highest BCUT2D eigenvalue weighted by Crippen LogP contribution is 2.26. The molecule has 1 heterocycles. The van der Waals surface area contributed by atoms with Gasteiger partial charge in [-0.3, -0.25) is 0 Å². The molecule has 0 spiro atoms. The molecule has 1 fully saturated rings. The minimum absolute atomic E-state index is 0.151. The molecule has 1 aromatic rings. The molecule has 2 rings (SSSR count). The first-order valence-electron chi connectivity index (χ1n) is 5.21. The van der Waals surface area contributed by atoms with Gasteiger partial charge in [-0.2, -0.15) is 0 Å². The van der Waals surface area contributed by atoms with Crippen molar-refractivity contribution in [3.05, 3.63) is 35.9 Å². The molecule has 0 unspecified atom stereocenters. The van der Waals surface area contributed by atoms with Crippen LogP contribution in [0.4, 0.5) is 0 Å². The fourth-order valence-electron chi connectivity index (χ4n) is 1.64. The number of ether oxygens (including phenoxy) is 2. The highest BCUT2D eigenvalue weighted by molar-refractivity contribution is 5.13. The van der Waals surface area contributed by atoms with Crippen LogP contribution in [0.25, 0.3) is 0 Å². The molecule has 0 aromatic heterocycles. The summed E-state index contributed by atoms with van der Waals surface area (Å²) in [5.41, 5.74) is 0.909. The van der Waals surface area contributed by atoms with E-state index in [1.807, 2.05) is 30.3 Å². The lowest BCUT2D eigenvalue weighted by molar-refractivity contribution is -0.221. The summed E-state index contributed by atoms with van der Waals surface area (Å²) >= 11 is 0. The minimum Gasteiger partial charge on any atom is -0.396 e. The molecule has 0 saturated carbocycles. The second kappa shape index (κ2) is 4.75. The Morgan fingerprint density at radius 3 is 2.53 bits per heavy atom. The number of hydrogen-bond acceptors (Lipinski definition) is 3. The summed E-state index contributed by atoms with van der Waals surface area (Å²) in [5, 5.41) is 8.93. The van der Waals surface area contributed by atoms with Crippen LogP contribution in [0.1, 0.15) is 12.0 Å². The predicted octanol–water partition coefficient (Wildman–Crippen LogP) is 1.35. The SMILES string of the molecule is OCCC1(OCc2ccccc2)COC1. The Bertz CT molecular complexity index is 293. The summed E-state index contributed by atoms with van der Waals surface area (Å²) in [6.45, 7) is 1.93. The molecule has 0 aliphatic carbocycles. The Kier molecular flexibility index (Phi) is 3.36. The van der Waals surface area contributed by atoms with Crippen molar-refractivity contribution in [2.75, 3.05) is 19.8 Å². The maximum absolute atomic E-state index is 8.93. The number of rotatable bonds is 5. The molecule has 3 nitrogen and oxygen atoms in total. The van der Waals surface area contributed by atoms with Gasteiger partial charge in [0, 0.05) is 13.0 Å². The van der Waals surface area contributed by atoms with E-state index in [1.165, 1.54) is 0 Å². The Balaban J connectivity index is 1.86. The molecule has 3 heteroatoms. The van der Waals surface area contributed by atoms with Crippen LogP contribution in [0.15, 0.2) is 30.3 Å². The first-order chi connectivity index (χ1) is 7.35. The zero-order valence-corrected chi connectivity index (χ0v) is 8.69. The van der Waals surface area contributed by atoms with Gasteiger partial charge in [-0.15, -0.1) is 0 Å². The molecular weight excluding hydrogens is 192 g/mol. The van der Waals surface area contributed by atoms with Crippen molar-refractivity contribution < 1.29 is 14.6 Å². The van der Waals surface area contributed by atoms with Crippen molar-refractivity contribution in [3.8, 4) is 0 Å². The van der Waals surface area contributed by atoms with E-state index in [0.717, 1.165) is 5.56 Å². The van der Waals surface area contributed by atoms with E-state index in [-0.39, 0.29) is 12.2 Å². The summed E-state index contributed by atoms with van der Waals surface area (Å²) < 4.78 is 11.0. The van der Waals surface area contributed by atoms with E-state index < -0.39 is 0 Å². The van der Waals surface area contributed by atoms with Gasteiger partial charge in [0.05, 0.1) is 19.8 Å². The maximum Gasteiger partial charge on any atom is 0.117 e. The number of aliphatic hydroxyl groups is 1. The van der Waals surface area contributed by atoms with Crippen LogP contribution in [-0.2, 0) is 16.1 Å².